The van der Waals surface area contributed by atoms with Gasteiger partial charge in [-0.3, -0.25) is 10.2 Å². The molecule has 3 aliphatic heterocycles. The SMILES string of the molecule is Cc1cccc(-n2c(C)cc(/C=C3\C(=N)N4N=C(N5CCCC5)SC4=NC3=O)c2C)c1C. The Morgan fingerprint density at radius 1 is 1.09 bits per heavy atom. The van der Waals surface area contributed by atoms with E-state index >= 15 is 0 Å². The van der Waals surface area contributed by atoms with Crippen molar-refractivity contribution in [3.05, 3.63) is 57.9 Å². The second kappa shape index (κ2) is 7.78. The zero-order valence-corrected chi connectivity index (χ0v) is 19.6. The number of thioether (sulfide) groups is 1. The summed E-state index contributed by atoms with van der Waals surface area (Å²) in [5.74, 6) is -0.304. The van der Waals surface area contributed by atoms with Gasteiger partial charge in [0.25, 0.3) is 5.91 Å². The predicted molar refractivity (Wildman–Crippen MR) is 131 cm³/mol. The van der Waals surface area contributed by atoms with Crippen LogP contribution in [0.3, 0.4) is 0 Å². The Hall–Kier alpha value is -3.13. The highest BCUT2D eigenvalue weighted by Gasteiger charge is 2.37. The van der Waals surface area contributed by atoms with Crippen molar-refractivity contribution in [1.29, 1.82) is 5.41 Å². The number of aromatic nitrogens is 1. The summed E-state index contributed by atoms with van der Waals surface area (Å²) < 4.78 is 2.20. The van der Waals surface area contributed by atoms with Gasteiger partial charge >= 0.3 is 0 Å². The quantitative estimate of drug-likeness (QED) is 0.695. The number of amidine groups is 3. The zero-order chi connectivity index (χ0) is 22.6. The van der Waals surface area contributed by atoms with Gasteiger partial charge in [0.1, 0.15) is 0 Å². The van der Waals surface area contributed by atoms with E-state index in [0.717, 1.165) is 53.7 Å². The highest BCUT2D eigenvalue weighted by molar-refractivity contribution is 8.26. The van der Waals surface area contributed by atoms with Crippen LogP contribution in [-0.4, -0.2) is 49.6 Å². The first-order valence-electron chi connectivity index (χ1n) is 10.9. The van der Waals surface area contributed by atoms with Crippen molar-refractivity contribution < 1.29 is 4.79 Å². The third kappa shape index (κ3) is 3.30. The summed E-state index contributed by atoms with van der Waals surface area (Å²) in [5, 5.41) is 16.1. The number of hydrazone groups is 1. The number of rotatable bonds is 2. The molecule has 0 unspecified atom stereocenters. The molecule has 1 saturated heterocycles. The van der Waals surface area contributed by atoms with Gasteiger partial charge in [-0.25, -0.2) is 0 Å². The molecule has 1 aromatic carbocycles. The Morgan fingerprint density at radius 2 is 1.84 bits per heavy atom. The number of carbonyl (C=O) groups excluding carboxylic acids is 1. The summed E-state index contributed by atoms with van der Waals surface area (Å²) in [6.45, 7) is 10.3. The molecule has 0 spiro atoms. The van der Waals surface area contributed by atoms with Crippen molar-refractivity contribution in [3.8, 4) is 5.69 Å². The first-order chi connectivity index (χ1) is 15.3. The second-order valence-electron chi connectivity index (χ2n) is 8.48. The zero-order valence-electron chi connectivity index (χ0n) is 18.8. The van der Waals surface area contributed by atoms with Gasteiger partial charge in [0.2, 0.25) is 5.17 Å². The average molecular weight is 447 g/mol. The molecule has 0 atom stereocenters. The van der Waals surface area contributed by atoms with E-state index in [0.29, 0.717) is 5.17 Å². The van der Waals surface area contributed by atoms with Crippen LogP contribution in [0.2, 0.25) is 0 Å². The topological polar surface area (TPSA) is 77.1 Å². The van der Waals surface area contributed by atoms with Crippen LogP contribution in [0, 0.1) is 33.1 Å². The number of likely N-dealkylation sites (tertiary alicyclic amines) is 1. The van der Waals surface area contributed by atoms with Crippen molar-refractivity contribution in [1.82, 2.24) is 14.5 Å². The van der Waals surface area contributed by atoms with E-state index in [1.165, 1.54) is 27.9 Å². The van der Waals surface area contributed by atoms with E-state index in [9.17, 15) is 4.79 Å². The Morgan fingerprint density at radius 3 is 2.59 bits per heavy atom. The molecule has 5 rings (SSSR count). The standard InChI is InChI=1S/C24H26N6OS/c1-14-8-7-9-20(16(14)3)29-15(2)12-18(17(29)4)13-19-21(25)30-23(26-22(19)31)32-24(27-30)28-10-5-6-11-28/h7-9,12-13,25H,5-6,10-11H2,1-4H3/b19-13+,25-21?. The molecular weight excluding hydrogens is 420 g/mol. The molecule has 1 aromatic heterocycles. The molecule has 7 nitrogen and oxygen atoms in total. The molecule has 164 valence electrons. The lowest BCUT2D eigenvalue weighted by molar-refractivity contribution is -0.114. The molecule has 1 fully saturated rings. The molecule has 0 saturated carbocycles. The van der Waals surface area contributed by atoms with Crippen LogP contribution >= 0.6 is 11.8 Å². The summed E-state index contributed by atoms with van der Waals surface area (Å²) in [5.41, 5.74) is 6.86. The minimum Gasteiger partial charge on any atom is -0.349 e. The highest BCUT2D eigenvalue weighted by Crippen LogP contribution is 2.32. The molecule has 0 bridgehead atoms. The third-order valence-electron chi connectivity index (χ3n) is 6.41. The van der Waals surface area contributed by atoms with Crippen LogP contribution in [0.15, 0.2) is 39.9 Å². The van der Waals surface area contributed by atoms with Crippen LogP contribution in [0.4, 0.5) is 0 Å². The summed E-state index contributed by atoms with van der Waals surface area (Å²) >= 11 is 1.38. The summed E-state index contributed by atoms with van der Waals surface area (Å²) in [7, 11) is 0. The van der Waals surface area contributed by atoms with Gasteiger partial charge in [-0.05, 0) is 87.2 Å². The van der Waals surface area contributed by atoms with Gasteiger partial charge < -0.3 is 9.47 Å². The number of carbonyl (C=O) groups is 1. The normalized spacial score (nSPS) is 19.7. The molecule has 2 aromatic rings. The summed E-state index contributed by atoms with van der Waals surface area (Å²) in [4.78, 5) is 19.3. The molecule has 0 radical (unpaired) electrons. The molecular formula is C24H26N6OS. The van der Waals surface area contributed by atoms with Gasteiger partial charge in [-0.15, -0.1) is 5.10 Å². The lowest BCUT2D eigenvalue weighted by atomic mass is 10.1. The fraction of sp³-hybridized carbons (Fsp3) is 0.333. The average Bonchev–Trinajstić information content (AvgIpc) is 3.48. The van der Waals surface area contributed by atoms with Crippen LogP contribution in [0.25, 0.3) is 11.8 Å². The maximum atomic E-state index is 12.8. The maximum absolute atomic E-state index is 12.8. The van der Waals surface area contributed by atoms with E-state index in [4.69, 9.17) is 5.41 Å². The number of hydrogen-bond donors (Lipinski definition) is 1. The van der Waals surface area contributed by atoms with E-state index < -0.39 is 0 Å². The fourth-order valence-electron chi connectivity index (χ4n) is 4.46. The highest BCUT2D eigenvalue weighted by atomic mass is 32.2. The lowest BCUT2D eigenvalue weighted by Crippen LogP contribution is -2.35. The number of fused-ring (bicyclic) bond motifs is 1. The monoisotopic (exact) mass is 446 g/mol. The third-order valence-corrected chi connectivity index (χ3v) is 7.38. The van der Waals surface area contributed by atoms with Crippen LogP contribution in [0.5, 0.6) is 0 Å². The molecule has 3 aliphatic rings. The fourth-order valence-corrected chi connectivity index (χ4v) is 5.40. The van der Waals surface area contributed by atoms with Crippen LogP contribution in [-0.2, 0) is 4.79 Å². The minimum absolute atomic E-state index is 0.0817. The Balaban J connectivity index is 1.52. The number of aryl methyl sites for hydroxylation is 2. The van der Waals surface area contributed by atoms with Crippen molar-refractivity contribution in [3.63, 3.8) is 0 Å². The Labute approximate surface area is 192 Å². The van der Waals surface area contributed by atoms with E-state index in [2.05, 4.69) is 64.6 Å². The van der Waals surface area contributed by atoms with Crippen molar-refractivity contribution in [2.75, 3.05) is 13.1 Å². The molecule has 1 amide bonds. The molecule has 32 heavy (non-hydrogen) atoms. The van der Waals surface area contributed by atoms with E-state index in [-0.39, 0.29) is 17.3 Å². The van der Waals surface area contributed by atoms with Crippen molar-refractivity contribution >= 4 is 39.9 Å². The molecule has 0 aliphatic carbocycles. The first-order valence-corrected chi connectivity index (χ1v) is 11.7. The summed E-state index contributed by atoms with van der Waals surface area (Å²) in [6.07, 6.45) is 4.07. The second-order valence-corrected chi connectivity index (χ2v) is 9.41. The number of nitrogens with zero attached hydrogens (tertiary/aromatic N) is 5. The Bertz CT molecular complexity index is 1250. The molecule has 1 N–H and O–H groups in total. The number of aliphatic imine (C=N–C) groups is 1. The van der Waals surface area contributed by atoms with E-state index in [1.807, 2.05) is 6.92 Å². The largest absolute Gasteiger partial charge is 0.349 e. The number of benzene rings is 1. The van der Waals surface area contributed by atoms with Gasteiger partial charge in [-0.1, -0.05) is 12.1 Å². The van der Waals surface area contributed by atoms with Crippen molar-refractivity contribution in [2.45, 2.75) is 40.5 Å². The van der Waals surface area contributed by atoms with Gasteiger partial charge in [0.15, 0.2) is 11.0 Å². The Kier molecular flexibility index (Phi) is 5.04. The lowest BCUT2D eigenvalue weighted by Gasteiger charge is -2.20. The minimum atomic E-state index is -0.386. The summed E-state index contributed by atoms with van der Waals surface area (Å²) in [6, 6.07) is 8.34. The van der Waals surface area contributed by atoms with Crippen LogP contribution in [0.1, 0.15) is 40.9 Å². The number of amides is 1. The van der Waals surface area contributed by atoms with Gasteiger partial charge in [0.05, 0.1) is 5.57 Å². The van der Waals surface area contributed by atoms with Gasteiger partial charge in [-0.2, -0.15) is 10.0 Å². The van der Waals surface area contributed by atoms with Gasteiger partial charge in [0, 0.05) is 30.2 Å². The number of hydrogen-bond acceptors (Lipinski definition) is 5. The van der Waals surface area contributed by atoms with Crippen molar-refractivity contribution in [2.24, 2.45) is 10.1 Å². The maximum Gasteiger partial charge on any atom is 0.283 e. The van der Waals surface area contributed by atoms with Crippen LogP contribution < -0.4 is 0 Å². The number of nitrogens with one attached hydrogen (secondary N) is 1. The molecule has 8 heteroatoms. The predicted octanol–water partition coefficient (Wildman–Crippen LogP) is 4.38. The smallest absolute Gasteiger partial charge is 0.283 e. The molecule has 4 heterocycles. The first kappa shape index (κ1) is 20.8. The van der Waals surface area contributed by atoms with E-state index in [1.54, 1.807) is 6.08 Å².